The van der Waals surface area contributed by atoms with Gasteiger partial charge in [0.1, 0.15) is 10.4 Å². The van der Waals surface area contributed by atoms with Crippen LogP contribution >= 0.6 is 15.9 Å². The zero-order chi connectivity index (χ0) is 9.42. The molecule has 2 atom stereocenters. The lowest BCUT2D eigenvalue weighted by atomic mass is 9.80. The molecule has 0 bridgehead atoms. The lowest BCUT2D eigenvalue weighted by molar-refractivity contribution is 0.0640. The van der Waals surface area contributed by atoms with Gasteiger partial charge in [-0.1, -0.05) is 6.92 Å². The van der Waals surface area contributed by atoms with Crippen molar-refractivity contribution in [1.29, 1.82) is 0 Å². The molecular formula is C9H13BrN2O. The molecule has 4 heteroatoms. The Bertz CT molecular complexity index is 311. The number of imidazole rings is 1. The number of rotatable bonds is 2. The van der Waals surface area contributed by atoms with Gasteiger partial charge in [-0.05, 0) is 28.8 Å². The van der Waals surface area contributed by atoms with E-state index in [-0.39, 0.29) is 12.0 Å². The first-order chi connectivity index (χ1) is 6.22. The van der Waals surface area contributed by atoms with E-state index >= 15 is 0 Å². The Labute approximate surface area is 85.7 Å². The topological polar surface area (TPSA) is 48.9 Å². The van der Waals surface area contributed by atoms with Crippen LogP contribution in [0.2, 0.25) is 0 Å². The predicted molar refractivity (Wildman–Crippen MR) is 53.6 cm³/mol. The number of aromatic nitrogens is 2. The van der Waals surface area contributed by atoms with E-state index in [0.717, 1.165) is 35.4 Å². The van der Waals surface area contributed by atoms with Crippen molar-refractivity contribution in [3.05, 3.63) is 16.1 Å². The molecule has 2 N–H and O–H groups in total. The number of aryl methyl sites for hydroxylation is 1. The minimum absolute atomic E-state index is 0.179. The molecule has 1 aromatic rings. The Morgan fingerprint density at radius 2 is 2.38 bits per heavy atom. The van der Waals surface area contributed by atoms with Crippen molar-refractivity contribution in [2.45, 2.75) is 38.2 Å². The maximum Gasteiger partial charge on any atom is 0.127 e. The summed E-state index contributed by atoms with van der Waals surface area (Å²) < 4.78 is 0.869. The number of hydrogen-bond acceptors (Lipinski definition) is 2. The van der Waals surface area contributed by atoms with Crippen LogP contribution in [0.15, 0.2) is 4.60 Å². The normalized spacial score (nSPS) is 27.3. The number of nitrogens with one attached hydrogen (secondary N) is 1. The molecule has 0 aromatic carbocycles. The first-order valence-electron chi connectivity index (χ1n) is 4.64. The van der Waals surface area contributed by atoms with E-state index in [2.05, 4.69) is 32.8 Å². The van der Waals surface area contributed by atoms with Crippen LogP contribution in [0.1, 0.15) is 37.2 Å². The molecule has 0 radical (unpaired) electrons. The maximum absolute atomic E-state index is 9.50. The van der Waals surface area contributed by atoms with Crippen molar-refractivity contribution in [3.63, 3.8) is 0 Å². The van der Waals surface area contributed by atoms with Gasteiger partial charge in [0.2, 0.25) is 0 Å². The van der Waals surface area contributed by atoms with E-state index in [9.17, 15) is 5.11 Å². The lowest BCUT2D eigenvalue weighted by Gasteiger charge is -2.31. The molecule has 1 fully saturated rings. The Hall–Kier alpha value is -0.350. The monoisotopic (exact) mass is 244 g/mol. The van der Waals surface area contributed by atoms with Crippen molar-refractivity contribution < 1.29 is 5.11 Å². The number of H-pyrrole nitrogens is 1. The highest BCUT2D eigenvalue weighted by molar-refractivity contribution is 9.10. The second-order valence-electron chi connectivity index (χ2n) is 3.49. The van der Waals surface area contributed by atoms with Crippen LogP contribution < -0.4 is 0 Å². The van der Waals surface area contributed by atoms with Gasteiger partial charge in [-0.2, -0.15) is 0 Å². The second-order valence-corrected chi connectivity index (χ2v) is 4.24. The van der Waals surface area contributed by atoms with Gasteiger partial charge >= 0.3 is 0 Å². The zero-order valence-corrected chi connectivity index (χ0v) is 9.13. The van der Waals surface area contributed by atoms with Crippen molar-refractivity contribution in [3.8, 4) is 0 Å². The van der Waals surface area contributed by atoms with E-state index in [1.807, 2.05) is 0 Å². The van der Waals surface area contributed by atoms with E-state index in [4.69, 9.17) is 0 Å². The van der Waals surface area contributed by atoms with E-state index in [1.54, 1.807) is 0 Å². The summed E-state index contributed by atoms with van der Waals surface area (Å²) in [6, 6.07) is 0. The maximum atomic E-state index is 9.50. The Balaban J connectivity index is 2.24. The third-order valence-electron chi connectivity index (χ3n) is 2.68. The molecule has 1 aliphatic carbocycles. The number of hydrogen-bond donors (Lipinski definition) is 2. The second kappa shape index (κ2) is 3.42. The first-order valence-corrected chi connectivity index (χ1v) is 5.44. The van der Waals surface area contributed by atoms with Gasteiger partial charge in [-0.15, -0.1) is 0 Å². The summed E-state index contributed by atoms with van der Waals surface area (Å²) >= 11 is 3.41. The number of nitrogens with zero attached hydrogens (tertiary/aromatic N) is 1. The van der Waals surface area contributed by atoms with Gasteiger partial charge in [0.25, 0.3) is 0 Å². The van der Waals surface area contributed by atoms with Crippen LogP contribution in [0.3, 0.4) is 0 Å². The summed E-state index contributed by atoms with van der Waals surface area (Å²) in [6.45, 7) is 2.06. The summed E-state index contributed by atoms with van der Waals surface area (Å²) in [5.74, 6) is 1.25. The standard InChI is InChI=1S/C9H13BrN2O/c1-2-7-11-8(9(10)12-7)5-3-4-6(5)13/h5-6,13H,2-4H2,1H3,(H,11,12). The average molecular weight is 245 g/mol. The van der Waals surface area contributed by atoms with Crippen LogP contribution in [-0.4, -0.2) is 21.2 Å². The molecule has 13 heavy (non-hydrogen) atoms. The van der Waals surface area contributed by atoms with E-state index < -0.39 is 0 Å². The highest BCUT2D eigenvalue weighted by Gasteiger charge is 2.33. The minimum atomic E-state index is -0.179. The van der Waals surface area contributed by atoms with E-state index in [1.165, 1.54) is 0 Å². The highest BCUT2D eigenvalue weighted by atomic mass is 79.9. The molecule has 3 nitrogen and oxygen atoms in total. The van der Waals surface area contributed by atoms with Gasteiger partial charge in [-0.3, -0.25) is 0 Å². The number of halogens is 1. The zero-order valence-electron chi connectivity index (χ0n) is 7.55. The van der Waals surface area contributed by atoms with Crippen molar-refractivity contribution in [2.75, 3.05) is 0 Å². The fourth-order valence-electron chi connectivity index (χ4n) is 1.65. The summed E-state index contributed by atoms with van der Waals surface area (Å²) in [4.78, 5) is 7.56. The molecule has 1 saturated carbocycles. The largest absolute Gasteiger partial charge is 0.392 e. The fraction of sp³-hybridized carbons (Fsp3) is 0.667. The molecule has 0 saturated heterocycles. The molecule has 1 aliphatic rings. The van der Waals surface area contributed by atoms with Gasteiger partial charge in [0.05, 0.1) is 11.8 Å². The Kier molecular flexibility index (Phi) is 2.43. The van der Waals surface area contributed by atoms with Crippen LogP contribution in [0.4, 0.5) is 0 Å². The van der Waals surface area contributed by atoms with Crippen molar-refractivity contribution in [1.82, 2.24) is 9.97 Å². The van der Waals surface area contributed by atoms with Crippen LogP contribution in [0.5, 0.6) is 0 Å². The van der Waals surface area contributed by atoms with Gasteiger partial charge in [-0.25, -0.2) is 4.98 Å². The molecule has 72 valence electrons. The van der Waals surface area contributed by atoms with Crippen LogP contribution in [0, 0.1) is 0 Å². The number of aliphatic hydroxyl groups excluding tert-OH is 1. The summed E-state index contributed by atoms with van der Waals surface area (Å²) in [5, 5.41) is 9.50. The number of aromatic amines is 1. The van der Waals surface area contributed by atoms with Crippen LogP contribution in [-0.2, 0) is 6.42 Å². The van der Waals surface area contributed by atoms with Crippen LogP contribution in [0.25, 0.3) is 0 Å². The van der Waals surface area contributed by atoms with Crippen molar-refractivity contribution in [2.24, 2.45) is 0 Å². The highest BCUT2D eigenvalue weighted by Crippen LogP contribution is 2.38. The summed E-state index contributed by atoms with van der Waals surface area (Å²) in [5.41, 5.74) is 1.07. The fourth-order valence-corrected chi connectivity index (χ4v) is 2.25. The molecular weight excluding hydrogens is 232 g/mol. The van der Waals surface area contributed by atoms with E-state index in [0.29, 0.717) is 0 Å². The SMILES string of the molecule is CCc1nc(Br)c(C2CCC2O)[nH]1. The average Bonchev–Trinajstić information content (AvgIpc) is 2.45. The third kappa shape index (κ3) is 1.53. The molecule has 2 rings (SSSR count). The Morgan fingerprint density at radius 3 is 2.77 bits per heavy atom. The summed E-state index contributed by atoms with van der Waals surface area (Å²) in [7, 11) is 0. The number of aliphatic hydroxyl groups is 1. The van der Waals surface area contributed by atoms with Gasteiger partial charge in [0.15, 0.2) is 0 Å². The first kappa shape index (κ1) is 9.21. The molecule has 2 unspecified atom stereocenters. The third-order valence-corrected chi connectivity index (χ3v) is 3.28. The smallest absolute Gasteiger partial charge is 0.127 e. The van der Waals surface area contributed by atoms with Crippen molar-refractivity contribution >= 4 is 15.9 Å². The minimum Gasteiger partial charge on any atom is -0.392 e. The molecule has 1 aromatic heterocycles. The van der Waals surface area contributed by atoms with Gasteiger partial charge in [0, 0.05) is 12.3 Å². The summed E-state index contributed by atoms with van der Waals surface area (Å²) in [6.07, 6.45) is 2.70. The lowest BCUT2D eigenvalue weighted by Crippen LogP contribution is -2.29. The molecule has 0 amide bonds. The molecule has 0 spiro atoms. The van der Waals surface area contributed by atoms with Gasteiger partial charge < -0.3 is 10.1 Å². The molecule has 1 heterocycles. The quantitative estimate of drug-likeness (QED) is 0.836. The Morgan fingerprint density at radius 1 is 1.62 bits per heavy atom. The molecule has 0 aliphatic heterocycles. The predicted octanol–water partition coefficient (Wildman–Crippen LogP) is 1.97.